The normalized spacial score (nSPS) is 20.4. The van der Waals surface area contributed by atoms with Crippen LogP contribution < -0.4 is 0 Å². The van der Waals surface area contributed by atoms with Gasteiger partial charge in [-0.3, -0.25) is 9.59 Å². The molecule has 0 saturated carbocycles. The molecule has 1 atom stereocenters. The van der Waals surface area contributed by atoms with Gasteiger partial charge in [0.05, 0.1) is 18.9 Å². The van der Waals surface area contributed by atoms with Crippen molar-refractivity contribution in [2.24, 2.45) is 15.9 Å². The molecule has 0 aromatic rings. The number of aliphatic imine (C=N–C) groups is 2. The summed E-state index contributed by atoms with van der Waals surface area (Å²) in [5.74, 6) is -1.29. The molecule has 0 bridgehead atoms. The number of rotatable bonds is 3. The van der Waals surface area contributed by atoms with Crippen LogP contribution in [0.2, 0.25) is 0 Å². The molecule has 0 aromatic carbocycles. The van der Waals surface area contributed by atoms with Crippen molar-refractivity contribution in [3.63, 3.8) is 0 Å². The lowest BCUT2D eigenvalue weighted by Crippen LogP contribution is -2.21. The van der Waals surface area contributed by atoms with Crippen molar-refractivity contribution in [3.8, 4) is 0 Å². The van der Waals surface area contributed by atoms with Gasteiger partial charge in [-0.25, -0.2) is 9.98 Å². The minimum absolute atomic E-state index is 0.0213. The summed E-state index contributed by atoms with van der Waals surface area (Å²) in [6.07, 6.45) is 2.60. The first kappa shape index (κ1) is 9.57. The van der Waals surface area contributed by atoms with E-state index < -0.39 is 11.9 Å². The number of carbonyl (C=O) groups is 2. The van der Waals surface area contributed by atoms with Gasteiger partial charge in [-0.1, -0.05) is 0 Å². The van der Waals surface area contributed by atoms with E-state index in [1.54, 1.807) is 6.92 Å². The summed E-state index contributed by atoms with van der Waals surface area (Å²) in [6, 6.07) is 0. The number of hydrogen-bond donors (Lipinski definition) is 0. The molecule has 0 radical (unpaired) electrons. The topological polar surface area (TPSA) is 68.1 Å². The maximum atomic E-state index is 11.0. The second-order valence-corrected chi connectivity index (χ2v) is 2.50. The van der Waals surface area contributed by atoms with Crippen LogP contribution in [0.25, 0.3) is 0 Å². The second kappa shape index (κ2) is 4.49. The molecule has 0 fully saturated rings. The van der Waals surface area contributed by atoms with Crippen LogP contribution in [0.4, 0.5) is 0 Å². The van der Waals surface area contributed by atoms with E-state index in [4.69, 9.17) is 0 Å². The fraction of sp³-hybridized carbons (Fsp3) is 0.500. The SMILES string of the molecule is CCOC(=O)CC1C=NC=NC1=O. The maximum Gasteiger partial charge on any atom is 0.306 e. The molecule has 13 heavy (non-hydrogen) atoms. The molecule has 1 amide bonds. The van der Waals surface area contributed by atoms with E-state index in [9.17, 15) is 9.59 Å². The lowest BCUT2D eigenvalue weighted by molar-refractivity contribution is -0.145. The Morgan fingerprint density at radius 2 is 2.46 bits per heavy atom. The smallest absolute Gasteiger partial charge is 0.306 e. The Hall–Kier alpha value is -1.52. The predicted molar refractivity (Wildman–Crippen MR) is 46.7 cm³/mol. The molecule has 5 nitrogen and oxygen atoms in total. The Morgan fingerprint density at radius 1 is 1.69 bits per heavy atom. The number of carbonyl (C=O) groups excluding carboxylic acids is 2. The van der Waals surface area contributed by atoms with Crippen molar-refractivity contribution in [3.05, 3.63) is 0 Å². The summed E-state index contributed by atoms with van der Waals surface area (Å²) in [5.41, 5.74) is 0. The Bertz CT molecular complexity index is 271. The zero-order chi connectivity index (χ0) is 9.68. The summed E-state index contributed by atoms with van der Waals surface area (Å²) in [6.45, 7) is 2.03. The zero-order valence-corrected chi connectivity index (χ0v) is 7.27. The highest BCUT2D eigenvalue weighted by molar-refractivity contribution is 6.04. The van der Waals surface area contributed by atoms with Crippen molar-refractivity contribution in [2.75, 3.05) is 6.61 Å². The predicted octanol–water partition coefficient (Wildman–Crippen LogP) is 0.195. The molecule has 1 unspecified atom stereocenters. The highest BCUT2D eigenvalue weighted by Gasteiger charge is 2.21. The second-order valence-electron chi connectivity index (χ2n) is 2.50. The Morgan fingerprint density at radius 3 is 3.08 bits per heavy atom. The summed E-state index contributed by atoms with van der Waals surface area (Å²) >= 11 is 0. The number of esters is 1. The van der Waals surface area contributed by atoms with E-state index in [2.05, 4.69) is 14.7 Å². The van der Waals surface area contributed by atoms with Crippen molar-refractivity contribution in [2.45, 2.75) is 13.3 Å². The van der Waals surface area contributed by atoms with Gasteiger partial charge in [0.1, 0.15) is 6.34 Å². The third kappa shape index (κ3) is 2.77. The quantitative estimate of drug-likeness (QED) is 0.585. The minimum Gasteiger partial charge on any atom is -0.466 e. The Labute approximate surface area is 75.5 Å². The maximum absolute atomic E-state index is 11.0. The Balaban J connectivity index is 2.45. The summed E-state index contributed by atoms with van der Waals surface area (Å²) in [7, 11) is 0. The number of ether oxygens (including phenoxy) is 1. The lowest BCUT2D eigenvalue weighted by atomic mass is 10.1. The first-order valence-electron chi connectivity index (χ1n) is 3.99. The molecule has 5 heteroatoms. The van der Waals surface area contributed by atoms with Crippen LogP contribution in [-0.4, -0.2) is 31.0 Å². The van der Waals surface area contributed by atoms with Crippen LogP contribution in [0, 0.1) is 5.92 Å². The standard InChI is InChI=1S/C8H10N2O3/c1-2-13-7(11)3-6-4-9-5-10-8(6)12/h4-6H,2-3H2,1H3. The molecule has 0 aliphatic carbocycles. The largest absolute Gasteiger partial charge is 0.466 e. The number of nitrogens with zero attached hydrogens (tertiary/aromatic N) is 2. The minimum atomic E-state index is -0.552. The Kier molecular flexibility index (Phi) is 3.31. The average Bonchev–Trinajstić information content (AvgIpc) is 2.09. The van der Waals surface area contributed by atoms with Crippen molar-refractivity contribution >= 4 is 24.4 Å². The van der Waals surface area contributed by atoms with Crippen LogP contribution in [-0.2, 0) is 14.3 Å². The van der Waals surface area contributed by atoms with Gasteiger partial charge in [0.15, 0.2) is 0 Å². The molecule has 0 saturated heterocycles. The van der Waals surface area contributed by atoms with Crippen molar-refractivity contribution < 1.29 is 14.3 Å². The average molecular weight is 182 g/mol. The summed E-state index contributed by atoms with van der Waals surface area (Å²) < 4.78 is 4.69. The summed E-state index contributed by atoms with van der Waals surface area (Å²) in [4.78, 5) is 29.1. The molecule has 0 N–H and O–H groups in total. The highest BCUT2D eigenvalue weighted by Crippen LogP contribution is 2.06. The molecular weight excluding hydrogens is 172 g/mol. The third-order valence-electron chi connectivity index (χ3n) is 1.53. The van der Waals surface area contributed by atoms with Gasteiger partial charge < -0.3 is 4.74 Å². The fourth-order valence-electron chi connectivity index (χ4n) is 0.932. The van der Waals surface area contributed by atoms with Gasteiger partial charge in [-0.2, -0.15) is 0 Å². The van der Waals surface area contributed by atoms with Gasteiger partial charge in [-0.05, 0) is 6.92 Å². The van der Waals surface area contributed by atoms with Gasteiger partial charge in [0.25, 0.3) is 5.91 Å². The van der Waals surface area contributed by atoms with Crippen LogP contribution in [0.5, 0.6) is 0 Å². The van der Waals surface area contributed by atoms with E-state index in [0.29, 0.717) is 6.61 Å². The molecule has 0 spiro atoms. The van der Waals surface area contributed by atoms with Gasteiger partial charge >= 0.3 is 5.97 Å². The highest BCUT2D eigenvalue weighted by atomic mass is 16.5. The van der Waals surface area contributed by atoms with Crippen molar-refractivity contribution in [1.29, 1.82) is 0 Å². The lowest BCUT2D eigenvalue weighted by Gasteiger charge is -2.08. The first-order valence-corrected chi connectivity index (χ1v) is 3.99. The number of amides is 1. The molecule has 1 heterocycles. The molecular formula is C8H10N2O3. The number of hydrogen-bond acceptors (Lipinski definition) is 4. The monoisotopic (exact) mass is 182 g/mol. The third-order valence-corrected chi connectivity index (χ3v) is 1.53. The van der Waals surface area contributed by atoms with Crippen LogP contribution in [0.3, 0.4) is 0 Å². The van der Waals surface area contributed by atoms with E-state index >= 15 is 0 Å². The summed E-state index contributed by atoms with van der Waals surface area (Å²) in [5, 5.41) is 0. The first-order chi connectivity index (χ1) is 6.24. The molecule has 1 aliphatic heterocycles. The van der Waals surface area contributed by atoms with Gasteiger partial charge in [-0.15, -0.1) is 0 Å². The van der Waals surface area contributed by atoms with Crippen molar-refractivity contribution in [1.82, 2.24) is 0 Å². The van der Waals surface area contributed by atoms with E-state index in [1.165, 1.54) is 12.6 Å². The van der Waals surface area contributed by atoms with E-state index in [1.807, 2.05) is 0 Å². The fourth-order valence-corrected chi connectivity index (χ4v) is 0.932. The van der Waals surface area contributed by atoms with E-state index in [0.717, 1.165) is 0 Å². The van der Waals surface area contributed by atoms with Crippen LogP contribution in [0.1, 0.15) is 13.3 Å². The molecule has 70 valence electrons. The van der Waals surface area contributed by atoms with Gasteiger partial charge in [0, 0.05) is 6.21 Å². The van der Waals surface area contributed by atoms with Gasteiger partial charge in [0.2, 0.25) is 0 Å². The molecule has 1 aliphatic rings. The molecule has 1 rings (SSSR count). The van der Waals surface area contributed by atoms with E-state index in [-0.39, 0.29) is 12.3 Å². The van der Waals surface area contributed by atoms with Crippen LogP contribution in [0.15, 0.2) is 9.98 Å². The zero-order valence-electron chi connectivity index (χ0n) is 7.27. The van der Waals surface area contributed by atoms with Crippen LogP contribution >= 0.6 is 0 Å². The molecule has 0 aromatic heterocycles.